The Morgan fingerprint density at radius 2 is 2.44 bits per heavy atom. The fourth-order valence-electron chi connectivity index (χ4n) is 0.406. The van der Waals surface area contributed by atoms with Crippen LogP contribution in [0, 0.1) is 6.54 Å². The Kier molecular flexibility index (Phi) is 6.09. The first kappa shape index (κ1) is 8.98. The molecule has 0 aliphatic rings. The molecule has 2 nitrogen and oxygen atoms in total. The number of hydrogen-bond donors (Lipinski definition) is 1. The van der Waals surface area contributed by atoms with Crippen LogP contribution in [-0.4, -0.2) is 17.9 Å². The summed E-state index contributed by atoms with van der Waals surface area (Å²) >= 11 is 1.36. The predicted molar refractivity (Wildman–Crippen MR) is 41.1 cm³/mol. The lowest BCUT2D eigenvalue weighted by molar-refractivity contribution is -0.109. The summed E-state index contributed by atoms with van der Waals surface area (Å²) in [5, 5.41) is 3.09. The van der Waals surface area contributed by atoms with Crippen molar-refractivity contribution >= 4 is 16.9 Å². The molecule has 0 unspecified atom stereocenters. The molecule has 0 aromatic rings. The van der Waals surface area contributed by atoms with Gasteiger partial charge < -0.3 is 5.32 Å². The SMILES string of the molecule is CN[CH]CCSC(C)=O. The van der Waals surface area contributed by atoms with Crippen molar-refractivity contribution in [2.45, 2.75) is 13.3 Å². The molecule has 0 fully saturated rings. The molecular weight excluding hydrogens is 134 g/mol. The van der Waals surface area contributed by atoms with Crippen molar-refractivity contribution in [3.8, 4) is 0 Å². The van der Waals surface area contributed by atoms with Crippen LogP contribution in [0.5, 0.6) is 0 Å². The largest absolute Gasteiger partial charge is 0.315 e. The van der Waals surface area contributed by atoms with Crippen LogP contribution in [-0.2, 0) is 4.79 Å². The van der Waals surface area contributed by atoms with E-state index in [0.717, 1.165) is 12.2 Å². The highest BCUT2D eigenvalue weighted by Gasteiger charge is 1.91. The third-order valence-corrected chi connectivity index (χ3v) is 1.62. The van der Waals surface area contributed by atoms with Crippen LogP contribution in [0.15, 0.2) is 0 Å². The van der Waals surface area contributed by atoms with E-state index >= 15 is 0 Å². The molecule has 0 rings (SSSR count). The molecule has 0 saturated heterocycles. The van der Waals surface area contributed by atoms with Gasteiger partial charge in [0, 0.05) is 19.2 Å². The molecular formula is C6H12NOS. The van der Waals surface area contributed by atoms with Gasteiger partial charge in [-0.05, 0) is 13.5 Å². The summed E-state index contributed by atoms with van der Waals surface area (Å²) in [4.78, 5) is 10.3. The van der Waals surface area contributed by atoms with Crippen LogP contribution < -0.4 is 5.32 Å². The lowest BCUT2D eigenvalue weighted by Crippen LogP contribution is -2.01. The minimum atomic E-state index is 0.194. The van der Waals surface area contributed by atoms with E-state index in [4.69, 9.17) is 0 Å². The quantitative estimate of drug-likeness (QED) is 0.601. The highest BCUT2D eigenvalue weighted by molar-refractivity contribution is 8.13. The summed E-state index contributed by atoms with van der Waals surface area (Å²) in [5.74, 6) is 0.885. The van der Waals surface area contributed by atoms with E-state index in [1.165, 1.54) is 11.8 Å². The predicted octanol–water partition coefficient (Wildman–Crippen LogP) is 1.04. The Morgan fingerprint density at radius 1 is 1.78 bits per heavy atom. The van der Waals surface area contributed by atoms with Crippen molar-refractivity contribution in [2.24, 2.45) is 0 Å². The van der Waals surface area contributed by atoms with Gasteiger partial charge in [-0.3, -0.25) is 4.79 Å². The number of carbonyl (C=O) groups excluding carboxylic acids is 1. The summed E-state index contributed by atoms with van der Waals surface area (Å²) in [5.41, 5.74) is 0. The zero-order valence-corrected chi connectivity index (χ0v) is 6.62. The molecule has 0 aromatic carbocycles. The zero-order valence-electron chi connectivity index (χ0n) is 5.81. The topological polar surface area (TPSA) is 29.1 Å². The van der Waals surface area contributed by atoms with E-state index in [9.17, 15) is 4.79 Å². The van der Waals surface area contributed by atoms with E-state index in [1.54, 1.807) is 6.92 Å². The van der Waals surface area contributed by atoms with Gasteiger partial charge in [-0.15, -0.1) is 0 Å². The molecule has 0 spiro atoms. The lowest BCUT2D eigenvalue weighted by Gasteiger charge is -1.94. The van der Waals surface area contributed by atoms with Crippen molar-refractivity contribution < 1.29 is 4.79 Å². The highest BCUT2D eigenvalue weighted by Crippen LogP contribution is 2.02. The molecule has 0 saturated carbocycles. The molecule has 53 valence electrons. The van der Waals surface area contributed by atoms with Gasteiger partial charge in [0.2, 0.25) is 0 Å². The Hall–Kier alpha value is -0.0200. The smallest absolute Gasteiger partial charge is 0.185 e. The molecule has 1 radical (unpaired) electrons. The second kappa shape index (κ2) is 6.11. The summed E-state index contributed by atoms with van der Waals surface area (Å²) < 4.78 is 0. The Balaban J connectivity index is 2.83. The summed E-state index contributed by atoms with van der Waals surface area (Å²) in [6.45, 7) is 3.53. The molecule has 1 N–H and O–H groups in total. The average Bonchev–Trinajstić information content (AvgIpc) is 1.80. The molecule has 0 amide bonds. The zero-order chi connectivity index (χ0) is 7.11. The Bertz CT molecular complexity index is 85.1. The first-order valence-electron chi connectivity index (χ1n) is 2.89. The van der Waals surface area contributed by atoms with Gasteiger partial charge in [0.05, 0.1) is 0 Å². The minimum absolute atomic E-state index is 0.194. The van der Waals surface area contributed by atoms with Gasteiger partial charge in [-0.25, -0.2) is 0 Å². The van der Waals surface area contributed by atoms with Crippen molar-refractivity contribution in [1.82, 2.24) is 5.32 Å². The first-order valence-corrected chi connectivity index (χ1v) is 3.88. The van der Waals surface area contributed by atoms with Crippen molar-refractivity contribution in [2.75, 3.05) is 12.8 Å². The Labute approximate surface area is 60.4 Å². The fourth-order valence-corrected chi connectivity index (χ4v) is 0.929. The van der Waals surface area contributed by atoms with Crippen molar-refractivity contribution in [3.63, 3.8) is 0 Å². The number of thioether (sulfide) groups is 1. The lowest BCUT2D eigenvalue weighted by atomic mass is 10.5. The van der Waals surface area contributed by atoms with Crippen molar-refractivity contribution in [1.29, 1.82) is 0 Å². The molecule has 0 heterocycles. The summed E-state index contributed by atoms with van der Waals surface area (Å²) in [6, 6.07) is 0. The highest BCUT2D eigenvalue weighted by atomic mass is 32.2. The maximum absolute atomic E-state index is 10.3. The van der Waals surface area contributed by atoms with Crippen LogP contribution in [0.2, 0.25) is 0 Å². The normalized spacial score (nSPS) is 9.56. The van der Waals surface area contributed by atoms with Crippen LogP contribution >= 0.6 is 11.8 Å². The van der Waals surface area contributed by atoms with Gasteiger partial charge in [-0.2, -0.15) is 0 Å². The van der Waals surface area contributed by atoms with Crippen molar-refractivity contribution in [3.05, 3.63) is 6.54 Å². The standard InChI is InChI=1S/C6H12NOS/c1-6(8)9-5-3-4-7-2/h4,7H,3,5H2,1-2H3. The van der Waals surface area contributed by atoms with E-state index < -0.39 is 0 Å². The molecule has 0 bridgehead atoms. The van der Waals surface area contributed by atoms with Gasteiger partial charge in [-0.1, -0.05) is 11.8 Å². The monoisotopic (exact) mass is 146 g/mol. The van der Waals surface area contributed by atoms with E-state index in [0.29, 0.717) is 0 Å². The van der Waals surface area contributed by atoms with Crippen LogP contribution in [0.1, 0.15) is 13.3 Å². The van der Waals surface area contributed by atoms with E-state index in [-0.39, 0.29) is 5.12 Å². The second-order valence-electron chi connectivity index (χ2n) is 1.62. The van der Waals surface area contributed by atoms with Gasteiger partial charge in [0.15, 0.2) is 5.12 Å². The maximum atomic E-state index is 10.3. The third-order valence-electron chi connectivity index (χ3n) is 0.772. The summed E-state index contributed by atoms with van der Waals surface area (Å²) in [6.07, 6.45) is 0.945. The van der Waals surface area contributed by atoms with Crippen LogP contribution in [0.3, 0.4) is 0 Å². The first-order chi connectivity index (χ1) is 4.27. The third kappa shape index (κ3) is 7.98. The number of nitrogens with one attached hydrogen (secondary N) is 1. The van der Waals surface area contributed by atoms with Crippen LogP contribution in [0.25, 0.3) is 0 Å². The fraction of sp³-hybridized carbons (Fsp3) is 0.667. The number of carbonyl (C=O) groups is 1. The van der Waals surface area contributed by atoms with E-state index in [1.807, 2.05) is 13.6 Å². The number of hydrogen-bond acceptors (Lipinski definition) is 3. The van der Waals surface area contributed by atoms with Gasteiger partial charge in [0.1, 0.15) is 0 Å². The average molecular weight is 146 g/mol. The Morgan fingerprint density at radius 3 is 2.89 bits per heavy atom. The molecule has 9 heavy (non-hydrogen) atoms. The molecule has 3 heteroatoms. The van der Waals surface area contributed by atoms with Gasteiger partial charge in [0.25, 0.3) is 0 Å². The molecule has 0 aliphatic carbocycles. The maximum Gasteiger partial charge on any atom is 0.185 e. The summed E-state index contributed by atoms with van der Waals surface area (Å²) in [7, 11) is 1.86. The minimum Gasteiger partial charge on any atom is -0.315 e. The van der Waals surface area contributed by atoms with E-state index in [2.05, 4.69) is 5.32 Å². The van der Waals surface area contributed by atoms with Crippen LogP contribution in [0.4, 0.5) is 0 Å². The molecule has 0 aromatic heterocycles. The number of rotatable bonds is 4. The second-order valence-corrected chi connectivity index (χ2v) is 2.89. The molecule has 0 aliphatic heterocycles. The molecule has 0 atom stereocenters. The van der Waals surface area contributed by atoms with Gasteiger partial charge >= 0.3 is 0 Å².